The summed E-state index contributed by atoms with van der Waals surface area (Å²) >= 11 is 3.59. The summed E-state index contributed by atoms with van der Waals surface area (Å²) in [5, 5.41) is 0. The first-order valence-electron chi connectivity index (χ1n) is 6.14. The van der Waals surface area contributed by atoms with Crippen LogP contribution in [0.25, 0.3) is 11.4 Å². The summed E-state index contributed by atoms with van der Waals surface area (Å²) in [6.45, 7) is 0.811. The first-order chi connectivity index (χ1) is 9.34. The van der Waals surface area contributed by atoms with Gasteiger partial charge in [-0.25, -0.2) is 4.98 Å². The van der Waals surface area contributed by atoms with E-state index in [9.17, 15) is 0 Å². The third kappa shape index (κ3) is 2.61. The highest BCUT2D eigenvalue weighted by molar-refractivity contribution is 9.10. The number of hydrogen-bond donors (Lipinski definition) is 0. The normalized spacial score (nSPS) is 10.6. The van der Waals surface area contributed by atoms with Crippen LogP contribution in [-0.4, -0.2) is 9.55 Å². The Morgan fingerprint density at radius 2 is 1.68 bits per heavy atom. The molecular formula is C16H13BrN2. The maximum Gasteiger partial charge on any atom is 0.140 e. The van der Waals surface area contributed by atoms with Gasteiger partial charge in [0.1, 0.15) is 5.82 Å². The molecule has 3 rings (SSSR count). The van der Waals surface area contributed by atoms with Crippen molar-refractivity contribution in [1.82, 2.24) is 9.55 Å². The van der Waals surface area contributed by atoms with Crippen molar-refractivity contribution in [3.05, 3.63) is 77.0 Å². The summed E-state index contributed by atoms with van der Waals surface area (Å²) in [5.74, 6) is 0.997. The number of hydrogen-bond acceptors (Lipinski definition) is 1. The van der Waals surface area contributed by atoms with E-state index in [0.717, 1.165) is 22.4 Å². The minimum absolute atomic E-state index is 0.811. The summed E-state index contributed by atoms with van der Waals surface area (Å²) in [6, 6.07) is 18.5. The molecule has 0 atom stereocenters. The second kappa shape index (κ2) is 5.41. The molecule has 94 valence electrons. The largest absolute Gasteiger partial charge is 0.327 e. The van der Waals surface area contributed by atoms with Gasteiger partial charge in [-0.1, -0.05) is 64.5 Å². The molecule has 19 heavy (non-hydrogen) atoms. The first-order valence-corrected chi connectivity index (χ1v) is 6.94. The lowest BCUT2D eigenvalue weighted by Crippen LogP contribution is -2.01. The molecular weight excluding hydrogens is 300 g/mol. The van der Waals surface area contributed by atoms with Gasteiger partial charge in [0.25, 0.3) is 0 Å². The van der Waals surface area contributed by atoms with E-state index < -0.39 is 0 Å². The van der Waals surface area contributed by atoms with Crippen molar-refractivity contribution >= 4 is 15.9 Å². The number of rotatable bonds is 3. The van der Waals surface area contributed by atoms with Gasteiger partial charge in [-0.05, 0) is 11.6 Å². The third-order valence-electron chi connectivity index (χ3n) is 3.05. The Bertz CT molecular complexity index is 674. The first kappa shape index (κ1) is 12.2. The zero-order chi connectivity index (χ0) is 13.1. The Balaban J connectivity index is 1.96. The fourth-order valence-corrected chi connectivity index (χ4v) is 2.50. The van der Waals surface area contributed by atoms with E-state index in [2.05, 4.69) is 55.8 Å². The lowest BCUT2D eigenvalue weighted by molar-refractivity contribution is 0.804. The Labute approximate surface area is 120 Å². The molecule has 1 aromatic heterocycles. The highest BCUT2D eigenvalue weighted by Crippen LogP contribution is 2.21. The van der Waals surface area contributed by atoms with E-state index in [1.807, 2.05) is 36.7 Å². The van der Waals surface area contributed by atoms with E-state index in [1.54, 1.807) is 0 Å². The maximum atomic E-state index is 4.46. The summed E-state index contributed by atoms with van der Waals surface area (Å²) in [7, 11) is 0. The summed E-state index contributed by atoms with van der Waals surface area (Å²) in [6.07, 6.45) is 3.86. The fourth-order valence-electron chi connectivity index (χ4n) is 2.09. The van der Waals surface area contributed by atoms with E-state index >= 15 is 0 Å². The van der Waals surface area contributed by atoms with E-state index in [4.69, 9.17) is 0 Å². The van der Waals surface area contributed by atoms with Gasteiger partial charge >= 0.3 is 0 Å². The Morgan fingerprint density at radius 1 is 0.947 bits per heavy atom. The van der Waals surface area contributed by atoms with Gasteiger partial charge in [-0.15, -0.1) is 0 Å². The Kier molecular flexibility index (Phi) is 3.47. The molecule has 0 radical (unpaired) electrons. The standard InChI is InChI=1S/C16H13BrN2/c17-15-9-5-4-8-14(15)12-19-11-10-18-16(19)13-6-2-1-3-7-13/h1-11H,12H2. The van der Waals surface area contributed by atoms with Crippen LogP contribution in [0, 0.1) is 0 Å². The van der Waals surface area contributed by atoms with Crippen LogP contribution in [0.5, 0.6) is 0 Å². The monoisotopic (exact) mass is 312 g/mol. The maximum absolute atomic E-state index is 4.46. The van der Waals surface area contributed by atoms with Crippen molar-refractivity contribution in [2.45, 2.75) is 6.54 Å². The lowest BCUT2D eigenvalue weighted by atomic mass is 10.2. The fraction of sp³-hybridized carbons (Fsp3) is 0.0625. The van der Waals surface area contributed by atoms with Crippen molar-refractivity contribution < 1.29 is 0 Å². The summed E-state index contributed by atoms with van der Waals surface area (Å²) in [4.78, 5) is 4.46. The SMILES string of the molecule is Brc1ccccc1Cn1ccnc1-c1ccccc1. The van der Waals surface area contributed by atoms with Crippen LogP contribution in [0.2, 0.25) is 0 Å². The van der Waals surface area contributed by atoms with Crippen LogP contribution in [0.15, 0.2) is 71.5 Å². The minimum atomic E-state index is 0.811. The second-order valence-corrected chi connectivity index (χ2v) is 5.19. The molecule has 0 amide bonds. The molecule has 2 nitrogen and oxygen atoms in total. The molecule has 0 fully saturated rings. The molecule has 1 heterocycles. The minimum Gasteiger partial charge on any atom is -0.327 e. The molecule has 2 aromatic carbocycles. The quantitative estimate of drug-likeness (QED) is 0.702. The van der Waals surface area contributed by atoms with Crippen LogP contribution in [-0.2, 0) is 6.54 Å². The molecule has 0 saturated carbocycles. The van der Waals surface area contributed by atoms with E-state index in [-0.39, 0.29) is 0 Å². The smallest absolute Gasteiger partial charge is 0.140 e. The van der Waals surface area contributed by atoms with Gasteiger partial charge in [-0.2, -0.15) is 0 Å². The number of halogens is 1. The number of nitrogens with zero attached hydrogens (tertiary/aromatic N) is 2. The lowest BCUT2D eigenvalue weighted by Gasteiger charge is -2.09. The van der Waals surface area contributed by atoms with Crippen LogP contribution >= 0.6 is 15.9 Å². The predicted molar refractivity (Wildman–Crippen MR) is 80.9 cm³/mol. The van der Waals surface area contributed by atoms with Gasteiger partial charge in [0.05, 0.1) is 6.54 Å². The molecule has 0 unspecified atom stereocenters. The van der Waals surface area contributed by atoms with Crippen molar-refractivity contribution in [3.8, 4) is 11.4 Å². The van der Waals surface area contributed by atoms with Crippen molar-refractivity contribution in [2.75, 3.05) is 0 Å². The van der Waals surface area contributed by atoms with E-state index in [0.29, 0.717) is 0 Å². The molecule has 0 spiro atoms. The average molecular weight is 313 g/mol. The van der Waals surface area contributed by atoms with Crippen molar-refractivity contribution in [1.29, 1.82) is 0 Å². The van der Waals surface area contributed by atoms with Crippen LogP contribution in [0.1, 0.15) is 5.56 Å². The number of imidazole rings is 1. The molecule has 0 saturated heterocycles. The number of benzene rings is 2. The molecule has 0 aliphatic heterocycles. The van der Waals surface area contributed by atoms with Gasteiger partial charge < -0.3 is 4.57 Å². The molecule has 0 aliphatic carbocycles. The van der Waals surface area contributed by atoms with Gasteiger partial charge in [0.2, 0.25) is 0 Å². The Morgan fingerprint density at radius 3 is 2.47 bits per heavy atom. The molecule has 3 aromatic rings. The van der Waals surface area contributed by atoms with Crippen LogP contribution in [0.3, 0.4) is 0 Å². The number of aromatic nitrogens is 2. The van der Waals surface area contributed by atoms with Gasteiger partial charge in [0, 0.05) is 22.4 Å². The van der Waals surface area contributed by atoms with Crippen molar-refractivity contribution in [2.24, 2.45) is 0 Å². The van der Waals surface area contributed by atoms with Gasteiger partial charge in [0.15, 0.2) is 0 Å². The van der Waals surface area contributed by atoms with Crippen LogP contribution in [0.4, 0.5) is 0 Å². The average Bonchev–Trinajstić information content (AvgIpc) is 2.91. The second-order valence-electron chi connectivity index (χ2n) is 4.34. The van der Waals surface area contributed by atoms with Gasteiger partial charge in [-0.3, -0.25) is 0 Å². The van der Waals surface area contributed by atoms with Crippen LogP contribution < -0.4 is 0 Å². The zero-order valence-electron chi connectivity index (χ0n) is 10.3. The zero-order valence-corrected chi connectivity index (χ0v) is 11.9. The highest BCUT2D eigenvalue weighted by atomic mass is 79.9. The molecule has 0 aliphatic rings. The molecule has 3 heteroatoms. The Hall–Kier alpha value is -1.87. The molecule has 0 N–H and O–H groups in total. The van der Waals surface area contributed by atoms with Crippen molar-refractivity contribution in [3.63, 3.8) is 0 Å². The highest BCUT2D eigenvalue weighted by Gasteiger charge is 2.07. The topological polar surface area (TPSA) is 17.8 Å². The molecule has 0 bridgehead atoms. The summed E-state index contributed by atoms with van der Waals surface area (Å²) < 4.78 is 3.29. The summed E-state index contributed by atoms with van der Waals surface area (Å²) in [5.41, 5.74) is 2.39. The van der Waals surface area contributed by atoms with E-state index in [1.165, 1.54) is 5.56 Å². The third-order valence-corrected chi connectivity index (χ3v) is 3.82. The predicted octanol–water partition coefficient (Wildman–Crippen LogP) is 4.36.